The number of ketones is 1. The minimum atomic E-state index is -0.486. The molecule has 0 radical (unpaired) electrons. The van der Waals surface area contributed by atoms with Crippen molar-refractivity contribution in [2.75, 3.05) is 0 Å². The van der Waals surface area contributed by atoms with Gasteiger partial charge in [0, 0.05) is 12.0 Å². The first-order valence-corrected chi connectivity index (χ1v) is 9.12. The number of carbonyl (C=O) groups is 1. The summed E-state index contributed by atoms with van der Waals surface area (Å²) in [4.78, 5) is 25.3. The molecule has 1 aromatic carbocycles. The van der Waals surface area contributed by atoms with Gasteiger partial charge in [0.15, 0.2) is 11.4 Å². The van der Waals surface area contributed by atoms with Crippen molar-refractivity contribution in [1.29, 1.82) is 0 Å². The molecule has 2 aromatic rings. The van der Waals surface area contributed by atoms with E-state index in [2.05, 4.69) is 0 Å². The third-order valence-corrected chi connectivity index (χ3v) is 5.45. The summed E-state index contributed by atoms with van der Waals surface area (Å²) < 4.78 is 18.0. The number of ether oxygens (including phenoxy) is 2. The fourth-order valence-corrected chi connectivity index (χ4v) is 4.30. The van der Waals surface area contributed by atoms with Crippen LogP contribution in [0.4, 0.5) is 0 Å². The highest BCUT2D eigenvalue weighted by Gasteiger charge is 2.37. The summed E-state index contributed by atoms with van der Waals surface area (Å²) in [5, 5.41) is 0.773. The van der Waals surface area contributed by atoms with E-state index in [1.54, 1.807) is 0 Å². The van der Waals surface area contributed by atoms with Crippen LogP contribution in [0.3, 0.4) is 0 Å². The van der Waals surface area contributed by atoms with Crippen LogP contribution < -0.4 is 15.1 Å². The number of carbonyl (C=O) groups excluding carboxylic acids is 1. The van der Waals surface area contributed by atoms with Gasteiger partial charge in [-0.1, -0.05) is 0 Å². The molecular formula is C21H20O5. The van der Waals surface area contributed by atoms with Crippen LogP contribution in [0, 0.1) is 0 Å². The molecule has 26 heavy (non-hydrogen) atoms. The average molecular weight is 352 g/mol. The summed E-state index contributed by atoms with van der Waals surface area (Å²) in [6.45, 7) is 5.82. The Morgan fingerprint density at radius 3 is 2.69 bits per heavy atom. The Morgan fingerprint density at radius 2 is 1.88 bits per heavy atom. The van der Waals surface area contributed by atoms with Gasteiger partial charge in [0.2, 0.25) is 0 Å². The largest absolute Gasteiger partial charge is 0.489 e. The summed E-state index contributed by atoms with van der Waals surface area (Å²) >= 11 is 0. The predicted molar refractivity (Wildman–Crippen MR) is 97.3 cm³/mol. The van der Waals surface area contributed by atoms with Gasteiger partial charge in [0.25, 0.3) is 0 Å². The summed E-state index contributed by atoms with van der Waals surface area (Å²) in [7, 11) is 0. The van der Waals surface area contributed by atoms with Crippen molar-refractivity contribution in [3.05, 3.63) is 38.7 Å². The van der Waals surface area contributed by atoms with Crippen molar-refractivity contribution in [3.63, 3.8) is 0 Å². The highest BCUT2D eigenvalue weighted by molar-refractivity contribution is 6.13. The quantitative estimate of drug-likeness (QED) is 0.675. The fourth-order valence-electron chi connectivity index (χ4n) is 4.30. The smallest absolute Gasteiger partial charge is 0.339 e. The van der Waals surface area contributed by atoms with Crippen LogP contribution in [-0.2, 0) is 12.8 Å². The van der Waals surface area contributed by atoms with Crippen LogP contribution in [0.5, 0.6) is 11.5 Å². The fraction of sp³-hybridized carbons (Fsp3) is 0.429. The maximum absolute atomic E-state index is 12.8. The van der Waals surface area contributed by atoms with E-state index in [0.717, 1.165) is 29.4 Å². The lowest BCUT2D eigenvalue weighted by molar-refractivity contribution is 0.0869. The monoisotopic (exact) mass is 352 g/mol. The van der Waals surface area contributed by atoms with E-state index in [9.17, 15) is 9.59 Å². The van der Waals surface area contributed by atoms with Crippen molar-refractivity contribution in [2.45, 2.75) is 58.2 Å². The predicted octanol–water partition coefficient (Wildman–Crippen LogP) is 3.82. The maximum Gasteiger partial charge on any atom is 0.339 e. The standard InChI is InChI=1S/C21H20O5/c1-10-9-14(22)16-17(24-10)13-7-8-21(2,3)26-18(13)15-11-5-4-6-12(11)20(23)25-19(15)16/h7-8,10H,4-6,9H2,1-3H3. The minimum Gasteiger partial charge on any atom is -0.489 e. The number of rotatable bonds is 0. The highest BCUT2D eigenvalue weighted by atomic mass is 16.5. The molecule has 0 amide bonds. The van der Waals surface area contributed by atoms with E-state index in [4.69, 9.17) is 13.9 Å². The zero-order valence-corrected chi connectivity index (χ0v) is 15.1. The second kappa shape index (κ2) is 5.00. The molecule has 134 valence electrons. The van der Waals surface area contributed by atoms with Crippen LogP contribution in [0.1, 0.15) is 60.7 Å². The van der Waals surface area contributed by atoms with Crippen molar-refractivity contribution < 1.29 is 18.7 Å². The zero-order valence-electron chi connectivity index (χ0n) is 15.1. The molecule has 5 rings (SSSR count). The first-order chi connectivity index (χ1) is 12.4. The van der Waals surface area contributed by atoms with E-state index in [-0.39, 0.29) is 23.9 Å². The van der Waals surface area contributed by atoms with Crippen LogP contribution in [0.15, 0.2) is 15.3 Å². The van der Waals surface area contributed by atoms with Gasteiger partial charge in [0.05, 0.1) is 10.9 Å². The molecule has 0 spiro atoms. The van der Waals surface area contributed by atoms with Gasteiger partial charge < -0.3 is 13.9 Å². The van der Waals surface area contributed by atoms with Gasteiger partial charge in [-0.3, -0.25) is 4.79 Å². The molecule has 0 bridgehead atoms. The second-order valence-corrected chi connectivity index (χ2v) is 7.95. The Balaban J connectivity index is 1.99. The Morgan fingerprint density at radius 1 is 1.12 bits per heavy atom. The number of fused-ring (bicyclic) bond motifs is 8. The first kappa shape index (κ1) is 15.7. The third kappa shape index (κ3) is 2.03. The number of Topliss-reactive ketones (excluding diaryl/α,β-unsaturated/α-hetero) is 1. The zero-order chi connectivity index (χ0) is 18.2. The van der Waals surface area contributed by atoms with Gasteiger partial charge in [-0.2, -0.15) is 0 Å². The van der Waals surface area contributed by atoms with Crippen molar-refractivity contribution in [3.8, 4) is 11.5 Å². The molecule has 0 saturated carbocycles. The second-order valence-electron chi connectivity index (χ2n) is 7.95. The van der Waals surface area contributed by atoms with Crippen LogP contribution in [0.2, 0.25) is 0 Å². The molecule has 5 nitrogen and oxygen atoms in total. The van der Waals surface area contributed by atoms with E-state index in [1.807, 2.05) is 32.9 Å². The summed E-state index contributed by atoms with van der Waals surface area (Å²) in [6, 6.07) is 0. The molecule has 0 saturated heterocycles. The average Bonchev–Trinajstić information content (AvgIpc) is 3.03. The lowest BCUT2D eigenvalue weighted by Gasteiger charge is -2.33. The Kier molecular flexibility index (Phi) is 3.01. The Hall–Kier alpha value is -2.56. The van der Waals surface area contributed by atoms with Gasteiger partial charge in [-0.25, -0.2) is 4.79 Å². The lowest BCUT2D eigenvalue weighted by Crippen LogP contribution is -2.30. The van der Waals surface area contributed by atoms with Gasteiger partial charge in [0.1, 0.15) is 28.8 Å². The first-order valence-electron chi connectivity index (χ1n) is 9.12. The summed E-state index contributed by atoms with van der Waals surface area (Å²) in [6.07, 6.45) is 6.40. The molecule has 3 heterocycles. The highest BCUT2D eigenvalue weighted by Crippen LogP contribution is 2.49. The van der Waals surface area contributed by atoms with E-state index >= 15 is 0 Å². The number of hydrogen-bond donors (Lipinski definition) is 0. The van der Waals surface area contributed by atoms with Crippen LogP contribution in [-0.4, -0.2) is 17.5 Å². The number of hydrogen-bond acceptors (Lipinski definition) is 5. The molecular weight excluding hydrogens is 332 g/mol. The molecule has 2 aliphatic heterocycles. The lowest BCUT2D eigenvalue weighted by atomic mass is 9.90. The molecule has 1 aromatic heterocycles. The topological polar surface area (TPSA) is 65.7 Å². The van der Waals surface area contributed by atoms with Gasteiger partial charge in [-0.05, 0) is 57.7 Å². The summed E-state index contributed by atoms with van der Waals surface area (Å²) in [5.74, 6) is 1.09. The molecule has 0 N–H and O–H groups in total. The molecule has 5 heteroatoms. The molecule has 1 atom stereocenters. The minimum absolute atomic E-state index is 0.0501. The molecule has 3 aliphatic rings. The van der Waals surface area contributed by atoms with Crippen LogP contribution in [0.25, 0.3) is 17.0 Å². The number of aryl methyl sites for hydroxylation is 1. The third-order valence-electron chi connectivity index (χ3n) is 5.45. The van der Waals surface area contributed by atoms with E-state index < -0.39 is 5.60 Å². The SMILES string of the molecule is CC1CC(=O)c2c(c3c(c4c5c(c(=O)oc24)CCC5)OC(C)(C)C=C3)O1. The maximum atomic E-state index is 12.8. The summed E-state index contributed by atoms with van der Waals surface area (Å²) in [5.41, 5.74) is 2.34. The normalized spacial score (nSPS) is 22.4. The van der Waals surface area contributed by atoms with Crippen molar-refractivity contribution >= 4 is 22.8 Å². The molecule has 1 aliphatic carbocycles. The van der Waals surface area contributed by atoms with Gasteiger partial charge in [-0.15, -0.1) is 0 Å². The molecule has 0 fully saturated rings. The van der Waals surface area contributed by atoms with Crippen molar-refractivity contribution in [1.82, 2.24) is 0 Å². The Bertz CT molecular complexity index is 1070. The van der Waals surface area contributed by atoms with Gasteiger partial charge >= 0.3 is 5.63 Å². The Labute approximate surface area is 150 Å². The van der Waals surface area contributed by atoms with E-state index in [1.165, 1.54) is 0 Å². The molecule has 1 unspecified atom stereocenters. The van der Waals surface area contributed by atoms with Crippen molar-refractivity contribution in [2.24, 2.45) is 0 Å². The van der Waals surface area contributed by atoms with E-state index in [0.29, 0.717) is 34.6 Å². The number of benzene rings is 1. The van der Waals surface area contributed by atoms with Crippen LogP contribution >= 0.6 is 0 Å².